The molecule has 36 heavy (non-hydrogen) atoms. The topological polar surface area (TPSA) is 94.5 Å². The lowest BCUT2D eigenvalue weighted by molar-refractivity contribution is -0.137. The first-order valence-corrected chi connectivity index (χ1v) is 12.5. The van der Waals surface area contributed by atoms with E-state index in [1.54, 1.807) is 30.3 Å². The lowest BCUT2D eigenvalue weighted by atomic mass is 9.95. The minimum atomic E-state index is -4.51. The van der Waals surface area contributed by atoms with Crippen molar-refractivity contribution < 1.29 is 46.5 Å². The Morgan fingerprint density at radius 3 is 2.19 bits per heavy atom. The number of halogens is 3. The summed E-state index contributed by atoms with van der Waals surface area (Å²) in [5.41, 5.74) is 2.61. The Kier molecular flexibility index (Phi) is 8.68. The average Bonchev–Trinajstić information content (AvgIpc) is 2.79. The van der Waals surface area contributed by atoms with Crippen molar-refractivity contribution >= 4 is 7.60 Å². The van der Waals surface area contributed by atoms with Crippen LogP contribution in [0.3, 0.4) is 0 Å². The van der Waals surface area contributed by atoms with E-state index >= 15 is 0 Å². The number of methoxy groups -OCH3 is 1. The third-order valence-electron chi connectivity index (χ3n) is 5.18. The molecule has 0 amide bonds. The molecule has 0 atom stereocenters. The zero-order valence-corrected chi connectivity index (χ0v) is 20.7. The molecule has 0 spiro atoms. The summed E-state index contributed by atoms with van der Waals surface area (Å²) in [6.45, 7) is 3.62. The molecule has 7 nitrogen and oxygen atoms in total. The van der Waals surface area contributed by atoms with E-state index < -0.39 is 25.7 Å². The first-order valence-electron chi connectivity index (χ1n) is 10.7. The molecular weight excluding hydrogens is 500 g/mol. The molecule has 0 unspecified atom stereocenters. The smallest absolute Gasteiger partial charge is 0.416 e. The van der Waals surface area contributed by atoms with Gasteiger partial charge in [0.1, 0.15) is 11.5 Å². The van der Waals surface area contributed by atoms with Gasteiger partial charge in [-0.1, -0.05) is 12.1 Å². The van der Waals surface area contributed by atoms with Crippen LogP contribution >= 0.6 is 7.60 Å². The van der Waals surface area contributed by atoms with Gasteiger partial charge in [0.2, 0.25) is 0 Å². The van der Waals surface area contributed by atoms with Crippen LogP contribution in [0.15, 0.2) is 54.6 Å². The van der Waals surface area contributed by atoms with Crippen molar-refractivity contribution in [1.29, 1.82) is 0 Å². The van der Waals surface area contributed by atoms with E-state index in [4.69, 9.17) is 28.7 Å². The number of benzene rings is 3. The number of rotatable bonds is 10. The number of alkyl halides is 3. The van der Waals surface area contributed by atoms with Crippen LogP contribution in [0.25, 0.3) is 0 Å². The second-order valence-corrected chi connectivity index (χ2v) is 9.70. The third kappa shape index (κ3) is 7.73. The fourth-order valence-electron chi connectivity index (χ4n) is 3.53. The molecule has 11 heteroatoms. The van der Waals surface area contributed by atoms with Gasteiger partial charge in [-0.15, -0.1) is 0 Å². The minimum Gasteiger partial charge on any atom is -0.481 e. The lowest BCUT2D eigenvalue weighted by Gasteiger charge is -2.17. The maximum Gasteiger partial charge on any atom is 0.416 e. The van der Waals surface area contributed by atoms with Crippen molar-refractivity contribution in [2.75, 3.05) is 20.3 Å². The van der Waals surface area contributed by atoms with E-state index in [-0.39, 0.29) is 18.3 Å². The number of hydrogen-bond acceptors (Lipinski definition) is 5. The summed E-state index contributed by atoms with van der Waals surface area (Å²) in [6.07, 6.45) is -4.77. The van der Waals surface area contributed by atoms with Crippen molar-refractivity contribution in [3.05, 3.63) is 82.4 Å². The minimum absolute atomic E-state index is 0.00293. The van der Waals surface area contributed by atoms with E-state index in [1.807, 2.05) is 13.8 Å². The molecule has 0 fully saturated rings. The molecule has 0 aliphatic rings. The van der Waals surface area contributed by atoms with Gasteiger partial charge in [-0.2, -0.15) is 13.2 Å². The molecule has 194 valence electrons. The maximum atomic E-state index is 13.1. The first kappa shape index (κ1) is 27.5. The SMILES string of the molecule is COCOc1ccc(Cc2c(C)cc(OCP(=O)(O)O)cc2C)cc1Oc1cccc(C(F)(F)F)c1. The van der Waals surface area contributed by atoms with Crippen LogP contribution in [-0.2, 0) is 21.9 Å². The van der Waals surface area contributed by atoms with Crippen LogP contribution in [0.1, 0.15) is 27.8 Å². The summed E-state index contributed by atoms with van der Waals surface area (Å²) < 4.78 is 71.9. The van der Waals surface area contributed by atoms with Gasteiger partial charge in [-0.25, -0.2) is 0 Å². The van der Waals surface area contributed by atoms with Crippen molar-refractivity contribution in [2.45, 2.75) is 26.4 Å². The zero-order valence-electron chi connectivity index (χ0n) is 19.8. The molecule has 3 aromatic rings. The molecule has 0 saturated heterocycles. The highest BCUT2D eigenvalue weighted by molar-refractivity contribution is 7.51. The Bertz CT molecular complexity index is 1230. The second kappa shape index (κ2) is 11.3. The molecule has 0 aliphatic heterocycles. The normalized spacial score (nSPS) is 11.9. The Balaban J connectivity index is 1.89. The van der Waals surface area contributed by atoms with Gasteiger partial charge in [0.25, 0.3) is 0 Å². The van der Waals surface area contributed by atoms with E-state index in [0.717, 1.165) is 34.4 Å². The Labute approximate surface area is 206 Å². The first-order chi connectivity index (χ1) is 16.9. The monoisotopic (exact) mass is 526 g/mol. The molecule has 0 aromatic heterocycles. The molecule has 0 bridgehead atoms. The molecule has 0 aliphatic carbocycles. The number of hydrogen-bond donors (Lipinski definition) is 2. The summed E-state index contributed by atoms with van der Waals surface area (Å²) in [5, 5.41) is 0. The number of ether oxygens (including phenoxy) is 4. The van der Waals surface area contributed by atoms with Gasteiger partial charge in [0.15, 0.2) is 24.6 Å². The van der Waals surface area contributed by atoms with Crippen LogP contribution in [0, 0.1) is 13.8 Å². The summed E-state index contributed by atoms with van der Waals surface area (Å²) in [5.74, 6) is 0.866. The molecular formula is C25H26F3O7P. The van der Waals surface area contributed by atoms with E-state index in [9.17, 15) is 17.7 Å². The summed E-state index contributed by atoms with van der Waals surface area (Å²) in [7, 11) is -2.86. The molecule has 3 aromatic carbocycles. The van der Waals surface area contributed by atoms with Crippen LogP contribution in [-0.4, -0.2) is 30.0 Å². The van der Waals surface area contributed by atoms with E-state index in [2.05, 4.69) is 0 Å². The van der Waals surface area contributed by atoms with Gasteiger partial charge >= 0.3 is 13.8 Å². The lowest BCUT2D eigenvalue weighted by Crippen LogP contribution is -2.05. The van der Waals surface area contributed by atoms with Crippen molar-refractivity contribution in [2.24, 2.45) is 0 Å². The molecule has 2 N–H and O–H groups in total. The van der Waals surface area contributed by atoms with E-state index in [0.29, 0.717) is 17.9 Å². The summed E-state index contributed by atoms with van der Waals surface area (Å²) in [4.78, 5) is 18.1. The fourth-order valence-corrected chi connectivity index (χ4v) is 3.84. The highest BCUT2D eigenvalue weighted by Gasteiger charge is 2.30. The van der Waals surface area contributed by atoms with Gasteiger partial charge in [0.05, 0.1) is 5.56 Å². The highest BCUT2D eigenvalue weighted by Crippen LogP contribution is 2.38. The Morgan fingerprint density at radius 1 is 0.889 bits per heavy atom. The summed E-state index contributed by atoms with van der Waals surface area (Å²) >= 11 is 0. The van der Waals surface area contributed by atoms with Crippen molar-refractivity contribution in [1.82, 2.24) is 0 Å². The average molecular weight is 526 g/mol. The predicted octanol–water partition coefficient (Wildman–Crippen LogP) is 6.20. The van der Waals surface area contributed by atoms with Crippen LogP contribution < -0.4 is 14.2 Å². The van der Waals surface area contributed by atoms with Crippen LogP contribution in [0.5, 0.6) is 23.0 Å². The second-order valence-electron chi connectivity index (χ2n) is 8.11. The summed E-state index contributed by atoms with van der Waals surface area (Å²) in [6, 6.07) is 13.1. The molecule has 0 radical (unpaired) electrons. The van der Waals surface area contributed by atoms with Gasteiger partial charge in [0, 0.05) is 7.11 Å². The quantitative estimate of drug-likeness (QED) is 0.240. The Morgan fingerprint density at radius 2 is 1.58 bits per heavy atom. The van der Waals surface area contributed by atoms with Crippen molar-refractivity contribution in [3.8, 4) is 23.0 Å². The van der Waals surface area contributed by atoms with Gasteiger partial charge < -0.3 is 28.7 Å². The van der Waals surface area contributed by atoms with Gasteiger partial charge in [-0.3, -0.25) is 4.57 Å². The fraction of sp³-hybridized carbons (Fsp3) is 0.280. The maximum absolute atomic E-state index is 13.1. The predicted molar refractivity (Wildman–Crippen MR) is 127 cm³/mol. The van der Waals surface area contributed by atoms with Crippen molar-refractivity contribution in [3.63, 3.8) is 0 Å². The van der Waals surface area contributed by atoms with Crippen LogP contribution in [0.4, 0.5) is 13.2 Å². The van der Waals surface area contributed by atoms with E-state index in [1.165, 1.54) is 19.2 Å². The molecule has 0 heterocycles. The van der Waals surface area contributed by atoms with Gasteiger partial charge in [-0.05, 0) is 85.0 Å². The largest absolute Gasteiger partial charge is 0.481 e. The molecule has 3 rings (SSSR count). The number of aryl methyl sites for hydroxylation is 2. The standard InChI is InChI=1S/C25H26F3O7P/c1-16-9-21(34-15-36(29,30)31)10-17(2)22(16)11-18-7-8-23(33-14-32-3)24(12-18)35-20-6-4-5-19(13-20)25(26,27)28/h4-10,12-13H,11,14-15H2,1-3H3,(H2,29,30,31). The Hall–Kier alpha value is -3.04. The van der Waals surface area contributed by atoms with Crippen LogP contribution in [0.2, 0.25) is 0 Å². The highest BCUT2D eigenvalue weighted by atomic mass is 31.2. The third-order valence-corrected chi connectivity index (χ3v) is 5.64. The zero-order chi connectivity index (χ0) is 26.5. The molecule has 0 saturated carbocycles.